The molecule has 4 aliphatic rings. The van der Waals surface area contributed by atoms with Gasteiger partial charge in [0, 0.05) is 50.1 Å². The highest BCUT2D eigenvalue weighted by Crippen LogP contribution is 2.46. The maximum absolute atomic E-state index is 13.6. The van der Waals surface area contributed by atoms with Crippen LogP contribution in [0.5, 0.6) is 0 Å². The standard InChI is InChI=1S/C30H45N5O6/c1-18(2)15-34(30(38)35-11-9-23(27(32)36)24(31)16-35)10-8-22(12-19-6-4-3-5-7-19)33-29(37)41-26-21-13-20-14-25(26)40-28(20)39-17-21/h3-7,18,20-26,28H,8-17,31H2,1-2H3,(H2,32,36)(H,33,37)/t20?,21?,22-,23?,24?,25?,26?,28?/m1/s1. The molecule has 4 fully saturated rings. The lowest BCUT2D eigenvalue weighted by atomic mass is 9.78. The predicted molar refractivity (Wildman–Crippen MR) is 151 cm³/mol. The Balaban J connectivity index is 1.23. The van der Waals surface area contributed by atoms with Gasteiger partial charge in [-0.3, -0.25) is 4.79 Å². The number of primary amides is 1. The number of nitrogens with zero attached hydrogens (tertiary/aromatic N) is 2. The van der Waals surface area contributed by atoms with E-state index in [1.54, 1.807) is 4.90 Å². The number of piperidine rings is 1. The molecule has 0 radical (unpaired) electrons. The molecule has 1 aliphatic carbocycles. The summed E-state index contributed by atoms with van der Waals surface area (Å²) in [5, 5.41) is 3.10. The van der Waals surface area contributed by atoms with E-state index in [0.29, 0.717) is 51.4 Å². The average Bonchev–Trinajstić information content (AvgIpc) is 3.23. The fraction of sp³-hybridized carbons (Fsp3) is 0.700. The third-order valence-electron chi connectivity index (χ3n) is 8.93. The predicted octanol–water partition coefficient (Wildman–Crippen LogP) is 2.08. The second-order valence-corrected chi connectivity index (χ2v) is 12.6. The number of likely N-dealkylation sites (tertiary alicyclic amines) is 1. The van der Waals surface area contributed by atoms with Crippen molar-refractivity contribution in [2.24, 2.45) is 35.1 Å². The monoisotopic (exact) mass is 571 g/mol. The summed E-state index contributed by atoms with van der Waals surface area (Å²) in [5.41, 5.74) is 12.8. The Kier molecular flexibility index (Phi) is 9.35. The molecule has 0 spiro atoms. The van der Waals surface area contributed by atoms with E-state index < -0.39 is 24.0 Å². The summed E-state index contributed by atoms with van der Waals surface area (Å²) in [4.78, 5) is 42.1. The van der Waals surface area contributed by atoms with Crippen molar-refractivity contribution < 1.29 is 28.6 Å². The average molecular weight is 572 g/mol. The first-order valence-corrected chi connectivity index (χ1v) is 15.0. The fourth-order valence-corrected chi connectivity index (χ4v) is 6.90. The lowest BCUT2D eigenvalue weighted by Gasteiger charge is -2.39. The fourth-order valence-electron chi connectivity index (χ4n) is 6.90. The first-order chi connectivity index (χ1) is 19.7. The Labute approximate surface area is 242 Å². The molecule has 8 atom stereocenters. The van der Waals surface area contributed by atoms with Crippen molar-refractivity contribution in [3.8, 4) is 0 Å². The second-order valence-electron chi connectivity index (χ2n) is 12.6. The van der Waals surface area contributed by atoms with E-state index in [4.69, 9.17) is 25.7 Å². The second kappa shape index (κ2) is 13.0. The topological polar surface area (TPSA) is 149 Å². The minimum atomic E-state index is -0.479. The number of hydrogen-bond acceptors (Lipinski definition) is 7. The van der Waals surface area contributed by atoms with Crippen LogP contribution in [0.15, 0.2) is 30.3 Å². The molecule has 11 nitrogen and oxygen atoms in total. The van der Waals surface area contributed by atoms with Gasteiger partial charge in [-0.05, 0) is 43.6 Å². The number of amides is 4. The third kappa shape index (κ3) is 7.13. The van der Waals surface area contributed by atoms with Gasteiger partial charge in [-0.2, -0.15) is 0 Å². The zero-order valence-electron chi connectivity index (χ0n) is 24.2. The molecule has 41 heavy (non-hydrogen) atoms. The molecule has 3 saturated heterocycles. The Bertz CT molecular complexity index is 1060. The van der Waals surface area contributed by atoms with Crippen LogP contribution in [0, 0.1) is 23.7 Å². The largest absolute Gasteiger partial charge is 0.443 e. The minimum Gasteiger partial charge on any atom is -0.443 e. The maximum Gasteiger partial charge on any atom is 0.407 e. The SMILES string of the molecule is CC(C)CN(CC[C@H](Cc1ccccc1)NC(=O)OC1C2COC3OC1CC3C2)C(=O)N1CCC(C(N)=O)C(N)C1. The molecule has 7 unspecified atom stereocenters. The Morgan fingerprint density at radius 1 is 1.17 bits per heavy atom. The van der Waals surface area contributed by atoms with E-state index in [9.17, 15) is 14.4 Å². The number of hydrogen-bond donors (Lipinski definition) is 3. The van der Waals surface area contributed by atoms with Crippen LogP contribution in [-0.4, -0.2) is 91.2 Å². The van der Waals surface area contributed by atoms with Gasteiger partial charge in [-0.25, -0.2) is 9.59 Å². The molecule has 3 heterocycles. The van der Waals surface area contributed by atoms with Gasteiger partial charge in [-0.15, -0.1) is 0 Å². The summed E-state index contributed by atoms with van der Waals surface area (Å²) in [5.74, 6) is -0.0407. The van der Waals surface area contributed by atoms with Crippen LogP contribution in [0.25, 0.3) is 0 Å². The van der Waals surface area contributed by atoms with Crippen LogP contribution in [0.3, 0.4) is 0 Å². The summed E-state index contributed by atoms with van der Waals surface area (Å²) in [7, 11) is 0. The zero-order valence-corrected chi connectivity index (χ0v) is 24.2. The van der Waals surface area contributed by atoms with Crippen molar-refractivity contribution in [3.05, 3.63) is 35.9 Å². The molecule has 226 valence electrons. The number of carbonyl (C=O) groups excluding carboxylic acids is 3. The van der Waals surface area contributed by atoms with E-state index in [-0.39, 0.29) is 49.0 Å². The number of alkyl carbamates (subject to hydrolysis) is 1. The van der Waals surface area contributed by atoms with Crippen molar-refractivity contribution in [1.82, 2.24) is 15.1 Å². The summed E-state index contributed by atoms with van der Waals surface area (Å²) in [6, 6.07) is 9.15. The van der Waals surface area contributed by atoms with Crippen molar-refractivity contribution in [2.45, 2.75) is 76.5 Å². The quantitative estimate of drug-likeness (QED) is 0.389. The van der Waals surface area contributed by atoms with Crippen molar-refractivity contribution in [1.29, 1.82) is 0 Å². The van der Waals surface area contributed by atoms with E-state index in [2.05, 4.69) is 19.2 Å². The summed E-state index contributed by atoms with van der Waals surface area (Å²) in [6.07, 6.45) is 2.37. The maximum atomic E-state index is 13.6. The van der Waals surface area contributed by atoms with Gasteiger partial charge in [0.2, 0.25) is 5.91 Å². The molecule has 0 aromatic heterocycles. The van der Waals surface area contributed by atoms with Crippen molar-refractivity contribution in [3.63, 3.8) is 0 Å². The first-order valence-electron chi connectivity index (χ1n) is 15.0. The van der Waals surface area contributed by atoms with Crippen molar-refractivity contribution >= 4 is 18.0 Å². The van der Waals surface area contributed by atoms with Crippen molar-refractivity contribution in [2.75, 3.05) is 32.8 Å². The van der Waals surface area contributed by atoms with E-state index in [1.165, 1.54) is 0 Å². The normalized spacial score (nSPS) is 31.1. The van der Waals surface area contributed by atoms with Gasteiger partial charge in [0.1, 0.15) is 6.10 Å². The van der Waals surface area contributed by atoms with Gasteiger partial charge in [-0.1, -0.05) is 44.2 Å². The molecule has 1 aromatic carbocycles. The van der Waals surface area contributed by atoms with Gasteiger partial charge in [0.25, 0.3) is 0 Å². The van der Waals surface area contributed by atoms with Crippen LogP contribution in [0.4, 0.5) is 9.59 Å². The van der Waals surface area contributed by atoms with Crippen LogP contribution in [0.1, 0.15) is 45.1 Å². The number of rotatable bonds is 10. The van der Waals surface area contributed by atoms with Gasteiger partial charge < -0.3 is 40.8 Å². The highest BCUT2D eigenvalue weighted by molar-refractivity contribution is 5.79. The minimum absolute atomic E-state index is 0.107. The molecule has 1 aromatic rings. The van der Waals surface area contributed by atoms with E-state index in [1.807, 2.05) is 35.2 Å². The molecule has 3 aliphatic heterocycles. The molecular formula is C30H45N5O6. The summed E-state index contributed by atoms with van der Waals surface area (Å²) in [6.45, 7) is 6.43. The highest BCUT2D eigenvalue weighted by Gasteiger charge is 2.53. The Hall–Kier alpha value is -2.89. The number of benzene rings is 1. The van der Waals surface area contributed by atoms with Gasteiger partial charge >= 0.3 is 12.1 Å². The Morgan fingerprint density at radius 3 is 2.66 bits per heavy atom. The lowest BCUT2D eigenvalue weighted by Crippen LogP contribution is -2.57. The molecule has 11 heteroatoms. The number of nitrogens with two attached hydrogens (primary N) is 2. The molecule has 4 amide bonds. The summed E-state index contributed by atoms with van der Waals surface area (Å²) < 4.78 is 17.8. The van der Waals surface area contributed by atoms with Crippen LogP contribution >= 0.6 is 0 Å². The van der Waals surface area contributed by atoms with E-state index in [0.717, 1.165) is 18.4 Å². The molecule has 3 bridgehead atoms. The zero-order chi connectivity index (χ0) is 29.1. The van der Waals surface area contributed by atoms with Crippen LogP contribution in [0.2, 0.25) is 0 Å². The Morgan fingerprint density at radius 2 is 1.95 bits per heavy atom. The molecule has 5 N–H and O–H groups in total. The van der Waals surface area contributed by atoms with Gasteiger partial charge in [0.05, 0.1) is 18.6 Å². The highest BCUT2D eigenvalue weighted by atomic mass is 16.7. The molecule has 5 rings (SSSR count). The number of carbonyl (C=O) groups is 3. The van der Waals surface area contributed by atoms with Crippen LogP contribution < -0.4 is 16.8 Å². The van der Waals surface area contributed by atoms with Gasteiger partial charge in [0.15, 0.2) is 6.29 Å². The smallest absolute Gasteiger partial charge is 0.407 e. The number of nitrogens with one attached hydrogen (secondary N) is 1. The number of urea groups is 1. The first kappa shape index (κ1) is 29.6. The number of ether oxygens (including phenoxy) is 3. The number of fused-ring (bicyclic) bond motifs is 2. The van der Waals surface area contributed by atoms with E-state index >= 15 is 0 Å². The molecular weight excluding hydrogens is 526 g/mol. The third-order valence-corrected chi connectivity index (χ3v) is 8.93. The summed E-state index contributed by atoms with van der Waals surface area (Å²) >= 11 is 0. The van der Waals surface area contributed by atoms with Crippen LogP contribution in [-0.2, 0) is 25.4 Å². The molecule has 1 saturated carbocycles. The lowest BCUT2D eigenvalue weighted by molar-refractivity contribution is -0.153.